The van der Waals surface area contributed by atoms with Crippen LogP contribution in [0.3, 0.4) is 0 Å². The molecule has 0 bridgehead atoms. The van der Waals surface area contributed by atoms with Gasteiger partial charge in [0.1, 0.15) is 23.2 Å². The number of benzene rings is 1. The van der Waals surface area contributed by atoms with Crippen LogP contribution in [0.15, 0.2) is 42.7 Å². The number of aromatic nitrogens is 4. The van der Waals surface area contributed by atoms with Gasteiger partial charge in [-0.15, -0.1) is 0 Å². The second-order valence-corrected chi connectivity index (χ2v) is 8.63. The highest BCUT2D eigenvalue weighted by atomic mass is 16.2. The van der Waals surface area contributed by atoms with Crippen LogP contribution in [0.1, 0.15) is 23.7 Å². The number of pyridine rings is 1. The van der Waals surface area contributed by atoms with Crippen molar-refractivity contribution in [2.45, 2.75) is 19.4 Å². The number of nitrogen functional groups attached to an aromatic ring is 1. The molecule has 4 aromatic rings. The van der Waals surface area contributed by atoms with E-state index < -0.39 is 12.1 Å². The number of fused-ring (bicyclic) bond motifs is 3. The predicted octanol–water partition coefficient (Wildman–Crippen LogP) is 1.86. The topological polar surface area (TPSA) is 139 Å². The van der Waals surface area contributed by atoms with Gasteiger partial charge in [-0.3, -0.25) is 19.9 Å². The van der Waals surface area contributed by atoms with Crippen LogP contribution in [0.25, 0.3) is 27.7 Å². The van der Waals surface area contributed by atoms with Crippen LogP contribution >= 0.6 is 0 Å². The minimum absolute atomic E-state index is 0.175. The van der Waals surface area contributed by atoms with Gasteiger partial charge < -0.3 is 15.5 Å². The van der Waals surface area contributed by atoms with Crippen molar-refractivity contribution in [2.75, 3.05) is 30.3 Å². The van der Waals surface area contributed by atoms with Gasteiger partial charge in [-0.1, -0.05) is 25.1 Å². The lowest BCUT2D eigenvalue weighted by Crippen LogP contribution is -2.53. The molecule has 2 fully saturated rings. The van der Waals surface area contributed by atoms with Gasteiger partial charge in [-0.25, -0.2) is 9.78 Å². The average Bonchev–Trinajstić information content (AvgIpc) is 3.43. The molecule has 2 aliphatic rings. The first kappa shape index (κ1) is 21.0. The van der Waals surface area contributed by atoms with Gasteiger partial charge in [0, 0.05) is 48.8 Å². The summed E-state index contributed by atoms with van der Waals surface area (Å²) in [6, 6.07) is 8.78. The summed E-state index contributed by atoms with van der Waals surface area (Å²) in [6.45, 7) is 2.71. The Kier molecular flexibility index (Phi) is 4.66. The zero-order chi connectivity index (χ0) is 24.3. The van der Waals surface area contributed by atoms with Gasteiger partial charge in [0.05, 0.1) is 11.7 Å². The number of para-hydroxylation sites is 1. The summed E-state index contributed by atoms with van der Waals surface area (Å²) in [4.78, 5) is 50.1. The SMILES string of the molecule is CCC(=O)c1c(N2CCN3C(=O)NC(=O)C3C2)nc2c(-c3cnc4ccccc4c3)cnn2c1N. The number of hydrogen-bond donors (Lipinski definition) is 2. The maximum absolute atomic E-state index is 13.0. The third-order valence-electron chi connectivity index (χ3n) is 6.64. The first-order valence-corrected chi connectivity index (χ1v) is 11.4. The van der Waals surface area contributed by atoms with Crippen molar-refractivity contribution >= 4 is 45.9 Å². The molecule has 176 valence electrons. The maximum atomic E-state index is 13.0. The fraction of sp³-hybridized carbons (Fsp3) is 0.250. The van der Waals surface area contributed by atoms with Crippen molar-refractivity contribution in [3.63, 3.8) is 0 Å². The zero-order valence-corrected chi connectivity index (χ0v) is 18.9. The second-order valence-electron chi connectivity index (χ2n) is 8.63. The van der Waals surface area contributed by atoms with E-state index in [4.69, 9.17) is 10.7 Å². The van der Waals surface area contributed by atoms with E-state index in [0.717, 1.165) is 22.0 Å². The molecule has 6 rings (SSSR count). The zero-order valence-electron chi connectivity index (χ0n) is 18.9. The number of rotatable bonds is 4. The fourth-order valence-corrected chi connectivity index (χ4v) is 4.80. The van der Waals surface area contributed by atoms with Crippen LogP contribution in [0, 0.1) is 0 Å². The molecule has 3 amide bonds. The number of Topliss-reactive ketones (excluding diaryl/α,β-unsaturated/α-hetero) is 1. The summed E-state index contributed by atoms with van der Waals surface area (Å²) in [5.74, 6) is 0.0467. The minimum atomic E-state index is -0.644. The molecule has 0 saturated carbocycles. The first-order chi connectivity index (χ1) is 17.0. The van der Waals surface area contributed by atoms with Crippen molar-refractivity contribution in [1.29, 1.82) is 0 Å². The number of nitrogens with two attached hydrogens (primary N) is 1. The van der Waals surface area contributed by atoms with Gasteiger partial charge >= 0.3 is 6.03 Å². The predicted molar refractivity (Wildman–Crippen MR) is 129 cm³/mol. The van der Waals surface area contributed by atoms with E-state index in [1.807, 2.05) is 35.2 Å². The van der Waals surface area contributed by atoms with Crippen LogP contribution in [0.5, 0.6) is 0 Å². The van der Waals surface area contributed by atoms with Gasteiger partial charge in [0.2, 0.25) is 0 Å². The standard InChI is InChI=1S/C24H22N8O3/c1-2-18(33)19-20(25)32-21(15(11-27-32)14-9-13-5-3-4-6-16(13)26-10-14)28-22(19)30-7-8-31-17(12-30)23(34)29-24(31)35/h3-6,9-11,17H,2,7-8,12,25H2,1H3,(H,29,34,35). The van der Waals surface area contributed by atoms with Crippen LogP contribution in [0.2, 0.25) is 0 Å². The molecule has 2 aliphatic heterocycles. The van der Waals surface area contributed by atoms with Gasteiger partial charge in [-0.2, -0.15) is 9.61 Å². The number of carbonyl (C=O) groups excluding carboxylic acids is 3. The number of anilines is 2. The maximum Gasteiger partial charge on any atom is 0.324 e. The van der Waals surface area contributed by atoms with Gasteiger partial charge in [-0.05, 0) is 12.1 Å². The highest BCUT2D eigenvalue weighted by molar-refractivity contribution is 6.07. The third kappa shape index (κ3) is 3.19. The van der Waals surface area contributed by atoms with Gasteiger partial charge in [0.15, 0.2) is 11.4 Å². The molecule has 0 aliphatic carbocycles. The summed E-state index contributed by atoms with van der Waals surface area (Å²) >= 11 is 0. The Bertz CT molecular complexity index is 1540. The van der Waals surface area contributed by atoms with E-state index >= 15 is 0 Å². The normalized spacial score (nSPS) is 17.8. The summed E-state index contributed by atoms with van der Waals surface area (Å²) in [5, 5.41) is 7.75. The Hall–Kier alpha value is -4.54. The summed E-state index contributed by atoms with van der Waals surface area (Å²) in [7, 11) is 0. The molecule has 2 saturated heterocycles. The van der Waals surface area contributed by atoms with E-state index in [9.17, 15) is 14.4 Å². The number of urea groups is 1. The Labute approximate surface area is 199 Å². The smallest absolute Gasteiger partial charge is 0.324 e. The fourth-order valence-electron chi connectivity index (χ4n) is 4.80. The molecule has 11 nitrogen and oxygen atoms in total. The molecule has 11 heteroatoms. The summed E-state index contributed by atoms with van der Waals surface area (Å²) < 4.78 is 1.47. The largest absolute Gasteiger partial charge is 0.383 e. The van der Waals surface area contributed by atoms with Gasteiger partial charge in [0.25, 0.3) is 5.91 Å². The molecule has 5 heterocycles. The van der Waals surface area contributed by atoms with Crippen LogP contribution in [-0.4, -0.2) is 67.9 Å². The van der Waals surface area contributed by atoms with E-state index in [-0.39, 0.29) is 36.0 Å². The molecular weight excluding hydrogens is 448 g/mol. The lowest BCUT2D eigenvalue weighted by molar-refractivity contribution is -0.121. The molecule has 0 spiro atoms. The molecule has 1 unspecified atom stereocenters. The lowest BCUT2D eigenvalue weighted by atomic mass is 10.1. The number of amides is 3. The Balaban J connectivity index is 1.51. The van der Waals surface area contributed by atoms with E-state index in [1.54, 1.807) is 19.3 Å². The van der Waals surface area contributed by atoms with E-state index in [2.05, 4.69) is 15.4 Å². The average molecular weight is 470 g/mol. The lowest BCUT2D eigenvalue weighted by Gasteiger charge is -2.36. The molecule has 1 aromatic carbocycles. The van der Waals surface area contributed by atoms with Crippen molar-refractivity contribution in [1.82, 2.24) is 29.8 Å². The summed E-state index contributed by atoms with van der Waals surface area (Å²) in [5.41, 5.74) is 9.66. The molecule has 1 atom stereocenters. The minimum Gasteiger partial charge on any atom is -0.383 e. The number of piperazine rings is 1. The number of ketones is 1. The number of nitrogens with one attached hydrogen (secondary N) is 1. The first-order valence-electron chi connectivity index (χ1n) is 11.4. The number of imide groups is 1. The Morgan fingerprint density at radius 1 is 1.20 bits per heavy atom. The monoisotopic (exact) mass is 470 g/mol. The van der Waals surface area contributed by atoms with Crippen molar-refractivity contribution in [2.24, 2.45) is 0 Å². The van der Waals surface area contributed by atoms with Crippen molar-refractivity contribution < 1.29 is 14.4 Å². The van der Waals surface area contributed by atoms with Crippen LogP contribution in [0.4, 0.5) is 16.4 Å². The molecular formula is C24H22N8O3. The number of hydrogen-bond acceptors (Lipinski definition) is 8. The molecule has 0 radical (unpaired) electrons. The van der Waals surface area contributed by atoms with Crippen LogP contribution < -0.4 is 16.0 Å². The van der Waals surface area contributed by atoms with Crippen molar-refractivity contribution in [3.05, 3.63) is 48.3 Å². The second kappa shape index (κ2) is 7.76. The molecule has 3 N–H and O–H groups in total. The van der Waals surface area contributed by atoms with Crippen LogP contribution in [-0.2, 0) is 4.79 Å². The molecule has 35 heavy (non-hydrogen) atoms. The summed E-state index contributed by atoms with van der Waals surface area (Å²) in [6.07, 6.45) is 3.65. The highest BCUT2D eigenvalue weighted by Crippen LogP contribution is 2.33. The van der Waals surface area contributed by atoms with Crippen molar-refractivity contribution in [3.8, 4) is 11.1 Å². The number of nitrogens with zero attached hydrogens (tertiary/aromatic N) is 6. The Morgan fingerprint density at radius 3 is 2.86 bits per heavy atom. The highest BCUT2D eigenvalue weighted by Gasteiger charge is 2.43. The molecule has 3 aromatic heterocycles. The van der Waals surface area contributed by atoms with E-state index in [1.165, 1.54) is 9.42 Å². The number of carbonyl (C=O) groups is 3. The third-order valence-corrected chi connectivity index (χ3v) is 6.64. The Morgan fingerprint density at radius 2 is 2.03 bits per heavy atom. The van der Waals surface area contributed by atoms with E-state index in [0.29, 0.717) is 24.6 Å². The quantitative estimate of drug-likeness (QED) is 0.340.